The highest BCUT2D eigenvalue weighted by molar-refractivity contribution is 8.00. The SMILES string of the molecule is CC(C)NC(=O)CSc1ccccc1C(=O)Nc1cccc2cccnc12. The molecule has 0 bridgehead atoms. The average Bonchev–Trinajstić information content (AvgIpc) is 2.66. The topological polar surface area (TPSA) is 71.1 Å². The number of nitrogens with zero attached hydrogens (tertiary/aromatic N) is 1. The van der Waals surface area contributed by atoms with Crippen molar-refractivity contribution < 1.29 is 9.59 Å². The maximum Gasteiger partial charge on any atom is 0.256 e. The van der Waals surface area contributed by atoms with Crippen LogP contribution in [0.1, 0.15) is 24.2 Å². The smallest absolute Gasteiger partial charge is 0.256 e. The molecule has 0 radical (unpaired) electrons. The molecule has 2 N–H and O–H groups in total. The van der Waals surface area contributed by atoms with Gasteiger partial charge in [-0.1, -0.05) is 30.3 Å². The Morgan fingerprint density at radius 3 is 2.63 bits per heavy atom. The highest BCUT2D eigenvalue weighted by Gasteiger charge is 2.14. The van der Waals surface area contributed by atoms with Gasteiger partial charge in [-0.15, -0.1) is 11.8 Å². The molecule has 1 aromatic heterocycles. The number of nitrogens with one attached hydrogen (secondary N) is 2. The molecular weight excluding hydrogens is 358 g/mol. The van der Waals surface area contributed by atoms with E-state index in [4.69, 9.17) is 0 Å². The minimum atomic E-state index is -0.222. The first-order valence-corrected chi connectivity index (χ1v) is 9.69. The number of amides is 2. The zero-order valence-corrected chi connectivity index (χ0v) is 16.0. The number of anilines is 1. The van der Waals surface area contributed by atoms with Crippen LogP contribution in [-0.2, 0) is 4.79 Å². The van der Waals surface area contributed by atoms with E-state index in [2.05, 4.69) is 15.6 Å². The Balaban J connectivity index is 1.78. The van der Waals surface area contributed by atoms with E-state index in [0.717, 1.165) is 15.8 Å². The van der Waals surface area contributed by atoms with Crippen LogP contribution in [0.15, 0.2) is 65.7 Å². The predicted octanol–water partition coefficient (Wildman–Crippen LogP) is 4.10. The summed E-state index contributed by atoms with van der Waals surface area (Å²) in [6.45, 7) is 3.84. The summed E-state index contributed by atoms with van der Waals surface area (Å²) >= 11 is 1.35. The molecule has 0 spiro atoms. The van der Waals surface area contributed by atoms with E-state index in [1.807, 2.05) is 62.4 Å². The monoisotopic (exact) mass is 379 g/mol. The number of para-hydroxylation sites is 1. The normalized spacial score (nSPS) is 10.8. The van der Waals surface area contributed by atoms with Gasteiger partial charge in [-0.25, -0.2) is 0 Å². The van der Waals surface area contributed by atoms with Crippen LogP contribution in [0.25, 0.3) is 10.9 Å². The summed E-state index contributed by atoms with van der Waals surface area (Å²) in [5, 5.41) is 6.76. The number of carbonyl (C=O) groups excluding carboxylic acids is 2. The van der Waals surface area contributed by atoms with Crippen molar-refractivity contribution >= 4 is 40.2 Å². The molecule has 3 aromatic rings. The Morgan fingerprint density at radius 1 is 1.04 bits per heavy atom. The summed E-state index contributed by atoms with van der Waals surface area (Å²) in [4.78, 5) is 29.9. The molecule has 0 fully saturated rings. The molecule has 0 aliphatic rings. The Labute approximate surface area is 162 Å². The molecule has 0 aliphatic heterocycles. The maximum absolute atomic E-state index is 12.8. The minimum absolute atomic E-state index is 0.0523. The second-order valence-electron chi connectivity index (χ2n) is 6.34. The van der Waals surface area contributed by atoms with Gasteiger partial charge in [0, 0.05) is 22.5 Å². The molecule has 0 unspecified atom stereocenters. The van der Waals surface area contributed by atoms with Crippen molar-refractivity contribution in [3.63, 3.8) is 0 Å². The number of thioether (sulfide) groups is 1. The first-order chi connectivity index (χ1) is 13.0. The number of hydrogen-bond donors (Lipinski definition) is 2. The molecule has 5 nitrogen and oxygen atoms in total. The Hall–Kier alpha value is -2.86. The van der Waals surface area contributed by atoms with Crippen LogP contribution in [0.2, 0.25) is 0 Å². The summed E-state index contributed by atoms with van der Waals surface area (Å²) in [7, 11) is 0. The Morgan fingerprint density at radius 2 is 1.81 bits per heavy atom. The van der Waals surface area contributed by atoms with Gasteiger partial charge in [-0.2, -0.15) is 0 Å². The van der Waals surface area contributed by atoms with Crippen LogP contribution < -0.4 is 10.6 Å². The molecule has 6 heteroatoms. The van der Waals surface area contributed by atoms with Crippen molar-refractivity contribution in [1.29, 1.82) is 0 Å². The molecule has 0 atom stereocenters. The fourth-order valence-corrected chi connectivity index (χ4v) is 3.54. The lowest BCUT2D eigenvalue weighted by Crippen LogP contribution is -2.31. The van der Waals surface area contributed by atoms with Crippen LogP contribution in [0.5, 0.6) is 0 Å². The van der Waals surface area contributed by atoms with Crippen molar-refractivity contribution in [2.75, 3.05) is 11.1 Å². The van der Waals surface area contributed by atoms with Gasteiger partial charge in [-0.3, -0.25) is 14.6 Å². The van der Waals surface area contributed by atoms with Crippen LogP contribution in [0, 0.1) is 0 Å². The van der Waals surface area contributed by atoms with Crippen LogP contribution >= 0.6 is 11.8 Å². The lowest BCUT2D eigenvalue weighted by Gasteiger charge is -2.12. The van der Waals surface area contributed by atoms with E-state index in [1.54, 1.807) is 12.3 Å². The molecule has 138 valence electrons. The molecular formula is C21H21N3O2S. The third kappa shape index (κ3) is 4.86. The van der Waals surface area contributed by atoms with Gasteiger partial charge in [-0.05, 0) is 38.1 Å². The van der Waals surface area contributed by atoms with E-state index in [9.17, 15) is 9.59 Å². The molecule has 1 heterocycles. The van der Waals surface area contributed by atoms with Gasteiger partial charge in [0.05, 0.1) is 22.5 Å². The Kier molecular flexibility index (Phi) is 6.08. The lowest BCUT2D eigenvalue weighted by molar-refractivity contribution is -0.119. The van der Waals surface area contributed by atoms with Gasteiger partial charge in [0.2, 0.25) is 5.91 Å². The van der Waals surface area contributed by atoms with Gasteiger partial charge in [0.1, 0.15) is 0 Å². The third-order valence-electron chi connectivity index (χ3n) is 3.82. The quantitative estimate of drug-likeness (QED) is 0.633. The largest absolute Gasteiger partial charge is 0.353 e. The van der Waals surface area contributed by atoms with E-state index >= 15 is 0 Å². The van der Waals surface area contributed by atoms with Crippen molar-refractivity contribution in [3.05, 3.63) is 66.4 Å². The number of carbonyl (C=O) groups is 2. The van der Waals surface area contributed by atoms with Crippen LogP contribution in [0.3, 0.4) is 0 Å². The number of rotatable bonds is 6. The zero-order valence-electron chi connectivity index (χ0n) is 15.2. The van der Waals surface area contributed by atoms with Crippen LogP contribution in [-0.4, -0.2) is 28.6 Å². The fraction of sp³-hybridized carbons (Fsp3) is 0.190. The predicted molar refractivity (Wildman–Crippen MR) is 110 cm³/mol. The molecule has 27 heavy (non-hydrogen) atoms. The van der Waals surface area contributed by atoms with E-state index < -0.39 is 0 Å². The van der Waals surface area contributed by atoms with Crippen molar-refractivity contribution in [2.24, 2.45) is 0 Å². The highest BCUT2D eigenvalue weighted by atomic mass is 32.2. The first-order valence-electron chi connectivity index (χ1n) is 8.71. The molecule has 3 rings (SSSR count). The number of pyridine rings is 1. The minimum Gasteiger partial charge on any atom is -0.353 e. The van der Waals surface area contributed by atoms with E-state index in [1.165, 1.54) is 11.8 Å². The van der Waals surface area contributed by atoms with Crippen molar-refractivity contribution in [2.45, 2.75) is 24.8 Å². The standard InChI is InChI=1S/C21H21N3O2S/c1-14(2)23-19(25)13-27-18-11-4-3-9-16(18)21(26)24-17-10-5-7-15-8-6-12-22-20(15)17/h3-12,14H,13H2,1-2H3,(H,23,25)(H,24,26). The van der Waals surface area contributed by atoms with Gasteiger partial charge < -0.3 is 10.6 Å². The number of hydrogen-bond acceptors (Lipinski definition) is 4. The third-order valence-corrected chi connectivity index (χ3v) is 4.89. The summed E-state index contributed by atoms with van der Waals surface area (Å²) in [6, 6.07) is 16.9. The summed E-state index contributed by atoms with van der Waals surface area (Å²) in [6.07, 6.45) is 1.70. The molecule has 0 saturated heterocycles. The second kappa shape index (κ2) is 8.68. The van der Waals surface area contributed by atoms with E-state index in [0.29, 0.717) is 11.3 Å². The fourth-order valence-electron chi connectivity index (χ4n) is 2.68. The first kappa shape index (κ1) is 18.9. The molecule has 0 saturated carbocycles. The Bertz CT molecular complexity index is 967. The highest BCUT2D eigenvalue weighted by Crippen LogP contribution is 2.25. The summed E-state index contributed by atoms with van der Waals surface area (Å²) in [5.74, 6) is -0.0119. The molecule has 0 aliphatic carbocycles. The second-order valence-corrected chi connectivity index (χ2v) is 7.36. The maximum atomic E-state index is 12.8. The zero-order chi connectivity index (χ0) is 19.2. The van der Waals surface area contributed by atoms with Gasteiger partial charge in [0.15, 0.2) is 0 Å². The molecule has 2 amide bonds. The lowest BCUT2D eigenvalue weighted by atomic mass is 10.1. The van der Waals surface area contributed by atoms with Gasteiger partial charge in [0.25, 0.3) is 5.91 Å². The summed E-state index contributed by atoms with van der Waals surface area (Å²) < 4.78 is 0. The van der Waals surface area contributed by atoms with Crippen LogP contribution in [0.4, 0.5) is 5.69 Å². The number of fused-ring (bicyclic) bond motifs is 1. The number of aromatic nitrogens is 1. The van der Waals surface area contributed by atoms with Crippen molar-refractivity contribution in [3.8, 4) is 0 Å². The van der Waals surface area contributed by atoms with E-state index in [-0.39, 0.29) is 23.6 Å². The van der Waals surface area contributed by atoms with Crippen molar-refractivity contribution in [1.82, 2.24) is 10.3 Å². The summed E-state index contributed by atoms with van der Waals surface area (Å²) in [5.41, 5.74) is 1.94. The van der Waals surface area contributed by atoms with Gasteiger partial charge >= 0.3 is 0 Å². The number of benzene rings is 2. The average molecular weight is 379 g/mol. The molecule has 2 aromatic carbocycles.